The third kappa shape index (κ3) is 3.87. The zero-order chi connectivity index (χ0) is 21.9. The van der Waals surface area contributed by atoms with Gasteiger partial charge in [-0.3, -0.25) is 0 Å². The van der Waals surface area contributed by atoms with Gasteiger partial charge in [-0.05, 0) is 34.9 Å². The van der Waals surface area contributed by atoms with Crippen LogP contribution >= 0.6 is 11.3 Å². The molecule has 0 amide bonds. The van der Waals surface area contributed by atoms with E-state index in [1.807, 2.05) is 60.7 Å². The van der Waals surface area contributed by atoms with Crippen LogP contribution in [0.4, 0.5) is 0 Å². The first-order chi connectivity index (χ1) is 15.7. The summed E-state index contributed by atoms with van der Waals surface area (Å²) in [6.45, 7) is 0. The molecule has 0 atom stereocenters. The molecule has 5 heteroatoms. The van der Waals surface area contributed by atoms with Crippen LogP contribution in [0.25, 0.3) is 45.0 Å². The molecule has 0 radical (unpaired) electrons. The Bertz CT molecular complexity index is 1540. The number of hydrogen-bond donors (Lipinski definition) is 0. The quantitative estimate of drug-likeness (QED) is 0.236. The fourth-order valence-corrected chi connectivity index (χ4v) is 4.26. The minimum absolute atomic E-state index is 0.385. The number of rotatable bonds is 4. The summed E-state index contributed by atoms with van der Waals surface area (Å²) in [5.74, 6) is 0. The van der Waals surface area contributed by atoms with E-state index in [4.69, 9.17) is 4.42 Å². The molecule has 0 aliphatic rings. The fourth-order valence-electron chi connectivity index (χ4n) is 3.47. The molecule has 0 saturated heterocycles. The average molecular weight is 433 g/mol. The number of allylic oxidation sites excluding steroid dienone is 1. The Morgan fingerprint density at radius 1 is 0.938 bits per heavy atom. The molecule has 2 heterocycles. The summed E-state index contributed by atoms with van der Waals surface area (Å²) >= 11 is 1.33. The van der Waals surface area contributed by atoms with E-state index in [2.05, 4.69) is 23.2 Å². The van der Waals surface area contributed by atoms with Crippen molar-refractivity contribution in [2.24, 2.45) is 0 Å². The molecular formula is C27H16N2O2S. The maximum absolute atomic E-state index is 12.4. The molecule has 5 aromatic rings. The number of nitrogens with zero attached hydrogens (tertiary/aromatic N) is 2. The minimum Gasteiger partial charge on any atom is -0.422 e. The highest BCUT2D eigenvalue weighted by atomic mass is 32.1. The first-order valence-corrected chi connectivity index (χ1v) is 10.9. The van der Waals surface area contributed by atoms with Crippen LogP contribution in [0.5, 0.6) is 0 Å². The molecule has 0 bridgehead atoms. The van der Waals surface area contributed by atoms with Gasteiger partial charge in [0.05, 0.1) is 16.8 Å². The molecule has 0 unspecified atom stereocenters. The minimum atomic E-state index is -0.445. The van der Waals surface area contributed by atoms with Crippen molar-refractivity contribution in [1.29, 1.82) is 5.26 Å². The number of fused-ring (bicyclic) bond motifs is 1. The number of nitriles is 1. The molecule has 152 valence electrons. The molecule has 0 spiro atoms. The van der Waals surface area contributed by atoms with Gasteiger partial charge in [0.15, 0.2) is 0 Å². The van der Waals surface area contributed by atoms with E-state index in [9.17, 15) is 10.1 Å². The summed E-state index contributed by atoms with van der Waals surface area (Å²) in [4.78, 5) is 17.0. The molecule has 32 heavy (non-hydrogen) atoms. The zero-order valence-corrected chi connectivity index (χ0v) is 17.7. The summed E-state index contributed by atoms with van der Waals surface area (Å²) in [6, 6.07) is 29.5. The molecule has 0 aliphatic heterocycles. The first kappa shape index (κ1) is 19.7. The number of benzene rings is 3. The summed E-state index contributed by atoms with van der Waals surface area (Å²) in [5, 5.41) is 12.9. The van der Waals surface area contributed by atoms with Gasteiger partial charge in [-0.1, -0.05) is 72.8 Å². The van der Waals surface area contributed by atoms with Crippen molar-refractivity contribution < 1.29 is 4.42 Å². The molecule has 5 rings (SSSR count). The van der Waals surface area contributed by atoms with Gasteiger partial charge in [0, 0.05) is 10.8 Å². The Labute approximate surface area is 188 Å². The second-order valence-corrected chi connectivity index (χ2v) is 8.04. The monoisotopic (exact) mass is 432 g/mol. The van der Waals surface area contributed by atoms with E-state index in [-0.39, 0.29) is 0 Å². The van der Waals surface area contributed by atoms with E-state index in [1.54, 1.807) is 23.6 Å². The zero-order valence-electron chi connectivity index (χ0n) is 16.9. The summed E-state index contributed by atoms with van der Waals surface area (Å²) < 4.78 is 5.42. The first-order valence-electron chi connectivity index (χ1n) is 9.98. The molecule has 0 fully saturated rings. The predicted octanol–water partition coefficient (Wildman–Crippen LogP) is 6.65. The maximum Gasteiger partial charge on any atom is 0.345 e. The van der Waals surface area contributed by atoms with Crippen molar-refractivity contribution in [3.8, 4) is 28.5 Å². The average Bonchev–Trinajstić information content (AvgIpc) is 3.33. The van der Waals surface area contributed by atoms with Crippen molar-refractivity contribution in [1.82, 2.24) is 4.98 Å². The van der Waals surface area contributed by atoms with Gasteiger partial charge >= 0.3 is 5.63 Å². The van der Waals surface area contributed by atoms with Crippen molar-refractivity contribution >= 4 is 34.0 Å². The number of hydrogen-bond acceptors (Lipinski definition) is 5. The van der Waals surface area contributed by atoms with Crippen molar-refractivity contribution in [3.05, 3.63) is 111 Å². The van der Waals surface area contributed by atoms with Gasteiger partial charge < -0.3 is 4.42 Å². The Balaban J connectivity index is 1.46. The lowest BCUT2D eigenvalue weighted by Gasteiger charge is -2.02. The van der Waals surface area contributed by atoms with Gasteiger partial charge in [-0.25, -0.2) is 9.78 Å². The Kier molecular flexibility index (Phi) is 5.20. The van der Waals surface area contributed by atoms with E-state index in [1.165, 1.54) is 11.3 Å². The largest absolute Gasteiger partial charge is 0.422 e. The number of para-hydroxylation sites is 1. The van der Waals surface area contributed by atoms with Crippen molar-refractivity contribution in [2.45, 2.75) is 0 Å². The standard InChI is InChI=1S/C27H16N2O2S/c28-16-22(14-18-10-12-20(13-11-18)19-6-2-1-3-7-19)26-29-24(17-32-26)23-15-21-8-4-5-9-25(21)31-27(23)30/h1-15,17H/b22-14-. The Morgan fingerprint density at radius 3 is 2.44 bits per heavy atom. The molecular weight excluding hydrogens is 416 g/mol. The molecule has 0 saturated carbocycles. The lowest BCUT2D eigenvalue weighted by molar-refractivity contribution is 0.563. The Hall–Kier alpha value is -4.27. The molecule has 0 aliphatic carbocycles. The van der Waals surface area contributed by atoms with E-state index in [0.717, 1.165) is 22.1 Å². The fraction of sp³-hybridized carbons (Fsp3) is 0. The summed E-state index contributed by atoms with van der Waals surface area (Å²) in [5.41, 5.74) is 4.58. The SMILES string of the molecule is N#C/C(=C/c1ccc(-c2ccccc2)cc1)c1nc(-c2cc3ccccc3oc2=O)cs1. The van der Waals surface area contributed by atoms with Crippen LogP contribution in [0.3, 0.4) is 0 Å². The second-order valence-electron chi connectivity index (χ2n) is 7.18. The highest BCUT2D eigenvalue weighted by Crippen LogP contribution is 2.28. The van der Waals surface area contributed by atoms with Crippen LogP contribution in [0.15, 0.2) is 99.5 Å². The highest BCUT2D eigenvalue weighted by molar-refractivity contribution is 7.11. The predicted molar refractivity (Wildman–Crippen MR) is 129 cm³/mol. The molecule has 2 aromatic heterocycles. The van der Waals surface area contributed by atoms with Gasteiger partial charge in [0.1, 0.15) is 16.7 Å². The normalized spacial score (nSPS) is 11.4. The van der Waals surface area contributed by atoms with Crippen LogP contribution < -0.4 is 5.63 Å². The highest BCUT2D eigenvalue weighted by Gasteiger charge is 2.14. The van der Waals surface area contributed by atoms with Gasteiger partial charge in [0.25, 0.3) is 0 Å². The molecule has 4 nitrogen and oxygen atoms in total. The van der Waals surface area contributed by atoms with Crippen molar-refractivity contribution in [2.75, 3.05) is 0 Å². The van der Waals surface area contributed by atoms with E-state index in [0.29, 0.717) is 27.4 Å². The van der Waals surface area contributed by atoms with Gasteiger partial charge in [-0.15, -0.1) is 11.3 Å². The van der Waals surface area contributed by atoms with Crippen LogP contribution in [0, 0.1) is 11.3 Å². The lowest BCUT2D eigenvalue weighted by Crippen LogP contribution is -2.02. The third-order valence-electron chi connectivity index (χ3n) is 5.10. The maximum atomic E-state index is 12.4. The molecule has 0 N–H and O–H groups in total. The number of aromatic nitrogens is 1. The van der Waals surface area contributed by atoms with Crippen molar-refractivity contribution in [3.63, 3.8) is 0 Å². The van der Waals surface area contributed by atoms with Crippen LogP contribution in [0.2, 0.25) is 0 Å². The van der Waals surface area contributed by atoms with E-state index >= 15 is 0 Å². The Morgan fingerprint density at radius 2 is 1.66 bits per heavy atom. The smallest absolute Gasteiger partial charge is 0.345 e. The van der Waals surface area contributed by atoms with E-state index < -0.39 is 5.63 Å². The van der Waals surface area contributed by atoms with Crippen LogP contribution in [0.1, 0.15) is 10.6 Å². The topological polar surface area (TPSA) is 66.9 Å². The third-order valence-corrected chi connectivity index (χ3v) is 5.98. The summed E-state index contributed by atoms with van der Waals surface area (Å²) in [7, 11) is 0. The summed E-state index contributed by atoms with van der Waals surface area (Å²) in [6.07, 6.45) is 1.81. The van der Waals surface area contributed by atoms with Crippen LogP contribution in [-0.2, 0) is 0 Å². The second kappa shape index (κ2) is 8.46. The van der Waals surface area contributed by atoms with Gasteiger partial charge in [-0.2, -0.15) is 5.26 Å². The van der Waals surface area contributed by atoms with Crippen LogP contribution in [-0.4, -0.2) is 4.98 Å². The van der Waals surface area contributed by atoms with Gasteiger partial charge in [0.2, 0.25) is 0 Å². The lowest BCUT2D eigenvalue weighted by atomic mass is 10.0. The number of thiazole rings is 1. The molecule has 3 aromatic carbocycles.